The quantitative estimate of drug-likeness (QED) is 0.443. The van der Waals surface area contributed by atoms with E-state index in [0.29, 0.717) is 12.5 Å². The van der Waals surface area contributed by atoms with Crippen molar-refractivity contribution in [1.82, 2.24) is 5.06 Å². The number of rotatable bonds is 3. The molecule has 1 fully saturated rings. The van der Waals surface area contributed by atoms with Gasteiger partial charge in [-0.2, -0.15) is 0 Å². The van der Waals surface area contributed by atoms with Crippen molar-refractivity contribution in [3.05, 3.63) is 11.6 Å². The lowest BCUT2D eigenvalue weighted by molar-refractivity contribution is -0.162. The summed E-state index contributed by atoms with van der Waals surface area (Å²) in [6, 6.07) is 0. The van der Waals surface area contributed by atoms with Crippen LogP contribution in [0.2, 0.25) is 0 Å². The maximum Gasteiger partial charge on any atom is 0.269 e. The number of hydroxylamine groups is 2. The third kappa shape index (κ3) is 4.47. The Labute approximate surface area is 91.7 Å². The van der Waals surface area contributed by atoms with Crippen LogP contribution in [0.4, 0.5) is 0 Å². The van der Waals surface area contributed by atoms with E-state index in [0.717, 1.165) is 23.5 Å². The van der Waals surface area contributed by atoms with Gasteiger partial charge in [0, 0.05) is 6.08 Å². The zero-order chi connectivity index (χ0) is 11.3. The van der Waals surface area contributed by atoms with Gasteiger partial charge < -0.3 is 0 Å². The van der Waals surface area contributed by atoms with Gasteiger partial charge in [0.1, 0.15) is 0 Å². The molecule has 3 heteroatoms. The molecule has 1 N–H and O–H groups in total. The molecule has 15 heavy (non-hydrogen) atoms. The van der Waals surface area contributed by atoms with E-state index in [-0.39, 0.29) is 5.91 Å². The zero-order valence-electron chi connectivity index (χ0n) is 9.70. The second kappa shape index (κ2) is 5.91. The van der Waals surface area contributed by atoms with Crippen LogP contribution < -0.4 is 0 Å². The van der Waals surface area contributed by atoms with E-state index in [2.05, 4.69) is 0 Å². The Kier molecular flexibility index (Phi) is 4.82. The number of carbonyl (C=O) groups is 1. The van der Waals surface area contributed by atoms with Crippen LogP contribution in [0.15, 0.2) is 11.6 Å². The Morgan fingerprint density at radius 3 is 2.47 bits per heavy atom. The van der Waals surface area contributed by atoms with Crippen LogP contribution in [0.25, 0.3) is 0 Å². The van der Waals surface area contributed by atoms with Gasteiger partial charge in [-0.05, 0) is 32.6 Å². The predicted molar refractivity (Wildman–Crippen MR) is 59.5 cm³/mol. The summed E-state index contributed by atoms with van der Waals surface area (Å²) in [4.78, 5) is 11.4. The van der Waals surface area contributed by atoms with Crippen LogP contribution >= 0.6 is 0 Å². The fourth-order valence-electron chi connectivity index (χ4n) is 2.03. The molecule has 1 amide bonds. The molecule has 1 saturated carbocycles. The molecule has 0 bridgehead atoms. The molecule has 0 unspecified atom stereocenters. The third-order valence-electron chi connectivity index (χ3n) is 2.82. The lowest BCUT2D eigenvalue weighted by Crippen LogP contribution is -2.32. The van der Waals surface area contributed by atoms with E-state index in [4.69, 9.17) is 0 Å². The molecule has 0 heterocycles. The summed E-state index contributed by atoms with van der Waals surface area (Å²) in [6.07, 6.45) is 7.51. The molecular formula is C12H21NO2. The highest BCUT2D eigenvalue weighted by Gasteiger charge is 2.18. The number of allylic oxidation sites excluding steroid dienone is 1. The van der Waals surface area contributed by atoms with Gasteiger partial charge in [0.2, 0.25) is 0 Å². The second-order valence-electron chi connectivity index (χ2n) is 4.65. The highest BCUT2D eigenvalue weighted by molar-refractivity contribution is 5.87. The largest absolute Gasteiger partial charge is 0.286 e. The van der Waals surface area contributed by atoms with Crippen LogP contribution in [-0.2, 0) is 4.79 Å². The van der Waals surface area contributed by atoms with Crippen LogP contribution in [0.5, 0.6) is 0 Å². The van der Waals surface area contributed by atoms with Gasteiger partial charge >= 0.3 is 0 Å². The molecule has 0 aromatic heterocycles. The molecule has 1 aliphatic rings. The second-order valence-corrected chi connectivity index (χ2v) is 4.65. The van der Waals surface area contributed by atoms with Crippen molar-refractivity contribution in [3.8, 4) is 0 Å². The standard InChI is InChI=1S/C12H21NO2/c1-10(2)8-12(14)13(15)9-11-6-4-3-5-7-11/h8,11,15H,3-7,9H2,1-2H3. The van der Waals surface area contributed by atoms with Crippen molar-refractivity contribution in [2.45, 2.75) is 46.0 Å². The van der Waals surface area contributed by atoms with Gasteiger partial charge in [0.25, 0.3) is 5.91 Å². The van der Waals surface area contributed by atoms with E-state index in [1.165, 1.54) is 25.3 Å². The molecule has 1 rings (SSSR count). The topological polar surface area (TPSA) is 40.5 Å². The molecule has 0 saturated heterocycles. The van der Waals surface area contributed by atoms with E-state index >= 15 is 0 Å². The van der Waals surface area contributed by atoms with E-state index < -0.39 is 0 Å². The lowest BCUT2D eigenvalue weighted by Gasteiger charge is -2.25. The molecule has 0 atom stereocenters. The van der Waals surface area contributed by atoms with Crippen molar-refractivity contribution in [1.29, 1.82) is 0 Å². The molecule has 0 aromatic rings. The van der Waals surface area contributed by atoms with Crippen molar-refractivity contribution < 1.29 is 10.0 Å². The molecule has 86 valence electrons. The molecule has 3 nitrogen and oxygen atoms in total. The van der Waals surface area contributed by atoms with Gasteiger partial charge in [-0.15, -0.1) is 0 Å². The highest BCUT2D eigenvalue weighted by atomic mass is 16.5. The van der Waals surface area contributed by atoms with Gasteiger partial charge in [-0.3, -0.25) is 10.0 Å². The minimum absolute atomic E-state index is 0.291. The first-order chi connectivity index (χ1) is 7.09. The van der Waals surface area contributed by atoms with Gasteiger partial charge in [-0.1, -0.05) is 24.8 Å². The van der Waals surface area contributed by atoms with E-state index in [1.807, 2.05) is 13.8 Å². The summed E-state index contributed by atoms with van der Waals surface area (Å²) in [6.45, 7) is 4.20. The predicted octanol–water partition coefficient (Wildman–Crippen LogP) is 2.75. The minimum Gasteiger partial charge on any atom is -0.286 e. The SMILES string of the molecule is CC(C)=CC(=O)N(O)CC1CCCCC1. The summed E-state index contributed by atoms with van der Waals surface area (Å²) in [7, 11) is 0. The first-order valence-corrected chi connectivity index (χ1v) is 5.75. The van der Waals surface area contributed by atoms with Crippen molar-refractivity contribution >= 4 is 5.91 Å². The first-order valence-electron chi connectivity index (χ1n) is 5.75. The average molecular weight is 211 g/mol. The summed E-state index contributed by atoms with van der Waals surface area (Å²) in [5, 5.41) is 10.4. The number of amides is 1. The van der Waals surface area contributed by atoms with E-state index in [9.17, 15) is 10.0 Å². The summed E-state index contributed by atoms with van der Waals surface area (Å²) in [5.41, 5.74) is 0.919. The van der Waals surface area contributed by atoms with Crippen molar-refractivity contribution in [2.24, 2.45) is 5.92 Å². The Hall–Kier alpha value is -0.830. The van der Waals surface area contributed by atoms with Crippen molar-refractivity contribution in [3.63, 3.8) is 0 Å². The molecule has 1 aliphatic carbocycles. The molecule has 0 aromatic carbocycles. The minimum atomic E-state index is -0.291. The van der Waals surface area contributed by atoms with Crippen LogP contribution in [0.1, 0.15) is 46.0 Å². The molecule has 0 spiro atoms. The first kappa shape index (κ1) is 12.2. The number of hydrogen-bond acceptors (Lipinski definition) is 2. The number of carbonyl (C=O) groups excluding carboxylic acids is 1. The van der Waals surface area contributed by atoms with Crippen molar-refractivity contribution in [2.75, 3.05) is 6.54 Å². The lowest BCUT2D eigenvalue weighted by atomic mass is 9.89. The van der Waals surface area contributed by atoms with Gasteiger partial charge in [-0.25, -0.2) is 5.06 Å². The maximum atomic E-state index is 11.4. The molecule has 0 radical (unpaired) electrons. The molecular weight excluding hydrogens is 190 g/mol. The van der Waals surface area contributed by atoms with Gasteiger partial charge in [0.15, 0.2) is 0 Å². The fourth-order valence-corrected chi connectivity index (χ4v) is 2.03. The van der Waals surface area contributed by atoms with Crippen LogP contribution in [0.3, 0.4) is 0 Å². The highest BCUT2D eigenvalue weighted by Crippen LogP contribution is 2.24. The Bertz CT molecular complexity index is 238. The smallest absolute Gasteiger partial charge is 0.269 e. The maximum absolute atomic E-state index is 11.4. The Morgan fingerprint density at radius 1 is 1.33 bits per heavy atom. The number of hydrogen-bond donors (Lipinski definition) is 1. The van der Waals surface area contributed by atoms with Crippen LogP contribution in [0, 0.1) is 5.92 Å². The van der Waals surface area contributed by atoms with Gasteiger partial charge in [0.05, 0.1) is 6.54 Å². The zero-order valence-corrected chi connectivity index (χ0v) is 9.70. The Balaban J connectivity index is 2.36. The summed E-state index contributed by atoms with van der Waals surface area (Å²) in [5.74, 6) is 0.193. The number of nitrogens with zero attached hydrogens (tertiary/aromatic N) is 1. The Morgan fingerprint density at radius 2 is 1.93 bits per heavy atom. The van der Waals surface area contributed by atoms with E-state index in [1.54, 1.807) is 0 Å². The third-order valence-corrected chi connectivity index (χ3v) is 2.82. The normalized spacial score (nSPS) is 17.3. The fraction of sp³-hybridized carbons (Fsp3) is 0.750. The average Bonchev–Trinajstić information content (AvgIpc) is 2.18. The summed E-state index contributed by atoms with van der Waals surface area (Å²) >= 11 is 0. The van der Waals surface area contributed by atoms with Crippen LogP contribution in [-0.4, -0.2) is 22.7 Å². The monoisotopic (exact) mass is 211 g/mol. The molecule has 0 aliphatic heterocycles. The summed E-state index contributed by atoms with van der Waals surface area (Å²) < 4.78 is 0.